The zero-order valence-corrected chi connectivity index (χ0v) is 12.4. The van der Waals surface area contributed by atoms with Gasteiger partial charge in [0.25, 0.3) is 5.91 Å². The first-order chi connectivity index (χ1) is 9.65. The van der Waals surface area contributed by atoms with Crippen LogP contribution in [0.4, 0.5) is 0 Å². The van der Waals surface area contributed by atoms with E-state index in [9.17, 15) is 9.59 Å². The molecule has 110 valence electrons. The number of thiophene rings is 1. The second-order valence-electron chi connectivity index (χ2n) is 5.30. The third kappa shape index (κ3) is 4.61. The number of nitrogens with one attached hydrogen (secondary N) is 2. The van der Waals surface area contributed by atoms with E-state index in [4.69, 9.17) is 5.73 Å². The number of quaternary nitrogens is 1. The minimum absolute atomic E-state index is 0.0571. The minimum Gasteiger partial charge on any atom is -0.369 e. The van der Waals surface area contributed by atoms with Gasteiger partial charge in [0.05, 0.1) is 19.0 Å². The Hall–Kier alpha value is -1.40. The summed E-state index contributed by atoms with van der Waals surface area (Å²) in [6.07, 6.45) is 2.70. The molecule has 0 spiro atoms. The van der Waals surface area contributed by atoms with Gasteiger partial charge in [-0.3, -0.25) is 9.59 Å². The number of piperidine rings is 1. The molecule has 1 aliphatic heterocycles. The molecule has 0 aromatic carbocycles. The van der Waals surface area contributed by atoms with Crippen molar-refractivity contribution in [2.24, 2.45) is 11.7 Å². The predicted octanol–water partition coefficient (Wildman–Crippen LogP) is -0.813. The lowest BCUT2D eigenvalue weighted by Gasteiger charge is -2.27. The topological polar surface area (TPSA) is 76.6 Å². The van der Waals surface area contributed by atoms with E-state index in [0.29, 0.717) is 19.6 Å². The first kappa shape index (κ1) is 15.0. The van der Waals surface area contributed by atoms with Crippen LogP contribution < -0.4 is 16.0 Å². The van der Waals surface area contributed by atoms with Crippen molar-refractivity contribution in [1.29, 1.82) is 0 Å². The molecule has 1 aliphatic rings. The maximum Gasteiger partial charge on any atom is 0.275 e. The van der Waals surface area contributed by atoms with E-state index in [1.165, 1.54) is 4.88 Å². The minimum atomic E-state index is -0.236. The molecule has 0 saturated carbocycles. The Morgan fingerprint density at radius 1 is 1.50 bits per heavy atom. The van der Waals surface area contributed by atoms with Crippen molar-refractivity contribution in [3.05, 3.63) is 22.4 Å². The maximum atomic E-state index is 11.9. The van der Waals surface area contributed by atoms with Gasteiger partial charge in [-0.25, -0.2) is 0 Å². The highest BCUT2D eigenvalue weighted by Gasteiger charge is 2.28. The van der Waals surface area contributed by atoms with Gasteiger partial charge >= 0.3 is 0 Å². The SMILES string of the molecule is NC(=O)[C@H]1CCC[NH+](CC(=O)NCCc2cccs2)C1. The number of nitrogens with two attached hydrogens (primary N) is 1. The summed E-state index contributed by atoms with van der Waals surface area (Å²) in [6.45, 7) is 2.75. The number of likely N-dealkylation sites (tertiary alicyclic amines) is 1. The molecule has 0 bridgehead atoms. The summed E-state index contributed by atoms with van der Waals surface area (Å²) >= 11 is 1.71. The number of carbonyl (C=O) groups excluding carboxylic acids is 2. The second-order valence-corrected chi connectivity index (χ2v) is 6.33. The Labute approximate surface area is 123 Å². The molecule has 20 heavy (non-hydrogen) atoms. The highest BCUT2D eigenvalue weighted by Crippen LogP contribution is 2.08. The molecule has 2 amide bonds. The van der Waals surface area contributed by atoms with Crippen LogP contribution in [0.25, 0.3) is 0 Å². The molecule has 0 aliphatic carbocycles. The van der Waals surface area contributed by atoms with E-state index in [1.54, 1.807) is 11.3 Å². The molecular weight excluding hydrogens is 274 g/mol. The smallest absolute Gasteiger partial charge is 0.275 e. The lowest BCUT2D eigenvalue weighted by molar-refractivity contribution is -0.899. The first-order valence-corrected chi connectivity index (χ1v) is 7.95. The van der Waals surface area contributed by atoms with Gasteiger partial charge in [-0.15, -0.1) is 11.3 Å². The van der Waals surface area contributed by atoms with Crippen LogP contribution in [-0.4, -0.2) is 38.0 Å². The van der Waals surface area contributed by atoms with Crippen LogP contribution in [-0.2, 0) is 16.0 Å². The van der Waals surface area contributed by atoms with Crippen LogP contribution in [0, 0.1) is 5.92 Å². The summed E-state index contributed by atoms with van der Waals surface area (Å²) in [5.41, 5.74) is 5.34. The van der Waals surface area contributed by atoms with Crippen molar-refractivity contribution in [2.45, 2.75) is 19.3 Å². The van der Waals surface area contributed by atoms with Crippen molar-refractivity contribution >= 4 is 23.2 Å². The highest BCUT2D eigenvalue weighted by atomic mass is 32.1. The average molecular weight is 296 g/mol. The lowest BCUT2D eigenvalue weighted by atomic mass is 9.97. The van der Waals surface area contributed by atoms with Crippen LogP contribution in [0.15, 0.2) is 17.5 Å². The van der Waals surface area contributed by atoms with Gasteiger partial charge in [-0.2, -0.15) is 0 Å². The highest BCUT2D eigenvalue weighted by molar-refractivity contribution is 7.09. The fourth-order valence-corrected chi connectivity index (χ4v) is 3.33. The second kappa shape index (κ2) is 7.40. The van der Waals surface area contributed by atoms with Crippen LogP contribution in [0.3, 0.4) is 0 Å². The van der Waals surface area contributed by atoms with Crippen molar-refractivity contribution < 1.29 is 14.5 Å². The van der Waals surface area contributed by atoms with E-state index in [1.807, 2.05) is 11.4 Å². The van der Waals surface area contributed by atoms with Gasteiger partial charge in [-0.05, 0) is 30.7 Å². The third-order valence-corrected chi connectivity index (χ3v) is 4.64. The van der Waals surface area contributed by atoms with Gasteiger partial charge in [0.1, 0.15) is 0 Å². The van der Waals surface area contributed by atoms with Gasteiger partial charge in [0, 0.05) is 11.4 Å². The van der Waals surface area contributed by atoms with Gasteiger partial charge in [0.2, 0.25) is 5.91 Å². The van der Waals surface area contributed by atoms with E-state index in [2.05, 4.69) is 11.4 Å². The van der Waals surface area contributed by atoms with E-state index < -0.39 is 0 Å². The fraction of sp³-hybridized carbons (Fsp3) is 0.571. The molecule has 1 unspecified atom stereocenters. The number of carbonyl (C=O) groups is 2. The van der Waals surface area contributed by atoms with Gasteiger partial charge < -0.3 is 16.0 Å². The quantitative estimate of drug-likeness (QED) is 0.642. The monoisotopic (exact) mass is 296 g/mol. The number of amides is 2. The zero-order chi connectivity index (χ0) is 14.4. The summed E-state index contributed by atoms with van der Waals surface area (Å²) in [5.74, 6) is -0.250. The molecule has 1 saturated heterocycles. The summed E-state index contributed by atoms with van der Waals surface area (Å²) in [6, 6.07) is 4.09. The molecule has 2 rings (SSSR count). The van der Waals surface area contributed by atoms with Crippen LogP contribution in [0.2, 0.25) is 0 Å². The van der Waals surface area contributed by atoms with Crippen molar-refractivity contribution in [2.75, 3.05) is 26.2 Å². The Morgan fingerprint density at radius 2 is 2.35 bits per heavy atom. The molecular formula is C14H22N3O2S+. The summed E-state index contributed by atoms with van der Waals surface area (Å²) < 4.78 is 0. The average Bonchev–Trinajstić information content (AvgIpc) is 2.92. The lowest BCUT2D eigenvalue weighted by Crippen LogP contribution is -3.15. The van der Waals surface area contributed by atoms with Gasteiger partial charge in [0.15, 0.2) is 6.54 Å². The molecule has 1 aromatic rings. The van der Waals surface area contributed by atoms with Gasteiger partial charge in [-0.1, -0.05) is 6.07 Å². The number of hydrogen-bond acceptors (Lipinski definition) is 3. The molecule has 5 nitrogen and oxygen atoms in total. The van der Waals surface area contributed by atoms with E-state index in [-0.39, 0.29) is 17.7 Å². The maximum absolute atomic E-state index is 11.9. The van der Waals surface area contributed by atoms with Crippen molar-refractivity contribution in [3.8, 4) is 0 Å². The Bertz CT molecular complexity index is 447. The summed E-state index contributed by atoms with van der Waals surface area (Å²) in [4.78, 5) is 25.5. The summed E-state index contributed by atoms with van der Waals surface area (Å²) in [5, 5.41) is 4.98. The van der Waals surface area contributed by atoms with Crippen LogP contribution in [0.5, 0.6) is 0 Å². The van der Waals surface area contributed by atoms with Crippen LogP contribution >= 0.6 is 11.3 Å². The Balaban J connectivity index is 1.67. The van der Waals surface area contributed by atoms with Crippen molar-refractivity contribution in [1.82, 2.24) is 5.32 Å². The predicted molar refractivity (Wildman–Crippen MR) is 78.5 cm³/mol. The molecule has 1 fully saturated rings. The number of hydrogen-bond donors (Lipinski definition) is 3. The van der Waals surface area contributed by atoms with E-state index in [0.717, 1.165) is 30.7 Å². The van der Waals surface area contributed by atoms with Crippen LogP contribution in [0.1, 0.15) is 17.7 Å². The molecule has 6 heteroatoms. The molecule has 2 heterocycles. The third-order valence-electron chi connectivity index (χ3n) is 3.70. The largest absolute Gasteiger partial charge is 0.369 e. The molecule has 4 N–H and O–H groups in total. The normalized spacial score (nSPS) is 22.4. The molecule has 2 atom stereocenters. The first-order valence-electron chi connectivity index (χ1n) is 7.07. The zero-order valence-electron chi connectivity index (χ0n) is 11.6. The Morgan fingerprint density at radius 3 is 3.05 bits per heavy atom. The standard InChI is InChI=1S/C14H21N3O2S/c15-14(19)11-3-1-7-17(9-11)10-13(18)16-6-5-12-4-2-8-20-12/h2,4,8,11H,1,3,5-7,9-10H2,(H2,15,19)(H,16,18)/p+1/t11-/m0/s1. The Kier molecular flexibility index (Phi) is 5.55. The number of primary amides is 1. The number of rotatable bonds is 6. The summed E-state index contributed by atoms with van der Waals surface area (Å²) in [7, 11) is 0. The fourth-order valence-electron chi connectivity index (χ4n) is 2.62. The van der Waals surface area contributed by atoms with E-state index >= 15 is 0 Å². The van der Waals surface area contributed by atoms with Crippen molar-refractivity contribution in [3.63, 3.8) is 0 Å². The molecule has 1 aromatic heterocycles. The molecule has 0 radical (unpaired) electrons.